The molecule has 2 amide bonds. The molecule has 8 heteroatoms. The van der Waals surface area contributed by atoms with Crippen molar-refractivity contribution in [2.75, 3.05) is 26.8 Å². The van der Waals surface area contributed by atoms with Crippen LogP contribution in [0.15, 0.2) is 12.7 Å². The first-order valence-corrected chi connectivity index (χ1v) is 6.08. The van der Waals surface area contributed by atoms with E-state index in [9.17, 15) is 14.4 Å². The Bertz CT molecular complexity index is 397. The molecule has 2 atom stereocenters. The van der Waals surface area contributed by atoms with Gasteiger partial charge in [-0.1, -0.05) is 6.08 Å². The Labute approximate surface area is 116 Å². The quantitative estimate of drug-likeness (QED) is 0.526. The topological polar surface area (TPSA) is 105 Å². The number of ether oxygens (including phenoxy) is 2. The normalized spacial score (nSPS) is 19.9. The van der Waals surface area contributed by atoms with Crippen molar-refractivity contribution in [2.45, 2.75) is 18.6 Å². The van der Waals surface area contributed by atoms with Gasteiger partial charge in [0, 0.05) is 6.54 Å². The molecule has 1 heterocycles. The number of morpholine rings is 1. The summed E-state index contributed by atoms with van der Waals surface area (Å²) in [6, 6.07) is -1.60. The van der Waals surface area contributed by atoms with Gasteiger partial charge in [0.25, 0.3) is 0 Å². The number of carboxylic acid groups (broad SMARTS) is 1. The lowest BCUT2D eigenvalue weighted by atomic mass is 10.2. The fourth-order valence-electron chi connectivity index (χ4n) is 1.74. The van der Waals surface area contributed by atoms with Crippen LogP contribution in [0.4, 0.5) is 4.79 Å². The van der Waals surface area contributed by atoms with Gasteiger partial charge >= 0.3 is 18.0 Å². The fourth-order valence-corrected chi connectivity index (χ4v) is 1.74. The van der Waals surface area contributed by atoms with Crippen LogP contribution < -0.4 is 5.32 Å². The third kappa shape index (κ3) is 4.23. The van der Waals surface area contributed by atoms with Crippen molar-refractivity contribution >= 4 is 18.0 Å². The minimum atomic E-state index is -1.14. The first-order valence-electron chi connectivity index (χ1n) is 6.08. The number of hydrogen-bond donors (Lipinski definition) is 2. The molecule has 1 aliphatic rings. The number of carbonyl (C=O) groups is 3. The largest absolute Gasteiger partial charge is 0.480 e. The molecule has 1 rings (SSSR count). The van der Waals surface area contributed by atoms with Gasteiger partial charge < -0.3 is 24.8 Å². The maximum Gasteiger partial charge on any atom is 0.336 e. The molecule has 0 radical (unpaired) electrons. The Morgan fingerprint density at radius 2 is 2.30 bits per heavy atom. The summed E-state index contributed by atoms with van der Waals surface area (Å²) in [5.41, 5.74) is 0. The molecule has 0 aromatic rings. The summed E-state index contributed by atoms with van der Waals surface area (Å²) in [4.78, 5) is 35.6. The molecule has 2 unspecified atom stereocenters. The molecule has 2 N–H and O–H groups in total. The van der Waals surface area contributed by atoms with Gasteiger partial charge in [-0.05, 0) is 6.42 Å². The monoisotopic (exact) mass is 286 g/mol. The number of esters is 1. The van der Waals surface area contributed by atoms with Crippen molar-refractivity contribution in [3.63, 3.8) is 0 Å². The first-order chi connectivity index (χ1) is 9.49. The SMILES string of the molecule is C=CCC(NC(=O)N1CCOC(C(=O)OC)C1)C(=O)O. The number of nitrogens with zero attached hydrogens (tertiary/aromatic N) is 1. The predicted octanol–water partition coefficient (Wildman–Crippen LogP) is -0.401. The zero-order chi connectivity index (χ0) is 15.1. The molecule has 1 saturated heterocycles. The molecular weight excluding hydrogens is 268 g/mol. The van der Waals surface area contributed by atoms with Crippen molar-refractivity contribution < 1.29 is 29.0 Å². The molecule has 0 aromatic heterocycles. The zero-order valence-electron chi connectivity index (χ0n) is 11.2. The van der Waals surface area contributed by atoms with E-state index in [4.69, 9.17) is 9.84 Å². The maximum atomic E-state index is 12.0. The second kappa shape index (κ2) is 7.49. The molecule has 20 heavy (non-hydrogen) atoms. The Morgan fingerprint density at radius 3 is 2.85 bits per heavy atom. The number of urea groups is 1. The van der Waals surface area contributed by atoms with Gasteiger partial charge in [-0.15, -0.1) is 6.58 Å². The van der Waals surface area contributed by atoms with Crippen molar-refractivity contribution in [1.29, 1.82) is 0 Å². The highest BCUT2D eigenvalue weighted by Gasteiger charge is 2.31. The lowest BCUT2D eigenvalue weighted by Gasteiger charge is -2.32. The zero-order valence-corrected chi connectivity index (χ0v) is 11.2. The molecule has 0 saturated carbocycles. The number of hydrogen-bond acceptors (Lipinski definition) is 5. The summed E-state index contributed by atoms with van der Waals surface area (Å²) in [5, 5.41) is 11.3. The van der Waals surface area contributed by atoms with Crippen LogP contribution in [0.25, 0.3) is 0 Å². The molecule has 0 aromatic carbocycles. The van der Waals surface area contributed by atoms with E-state index in [1.165, 1.54) is 18.1 Å². The number of carboxylic acids is 1. The van der Waals surface area contributed by atoms with Crippen LogP contribution in [0, 0.1) is 0 Å². The van der Waals surface area contributed by atoms with Crippen LogP contribution in [0.1, 0.15) is 6.42 Å². The third-order valence-corrected chi connectivity index (χ3v) is 2.82. The average Bonchev–Trinajstić information content (AvgIpc) is 2.45. The van der Waals surface area contributed by atoms with E-state index >= 15 is 0 Å². The van der Waals surface area contributed by atoms with E-state index in [1.54, 1.807) is 0 Å². The van der Waals surface area contributed by atoms with Gasteiger partial charge in [-0.2, -0.15) is 0 Å². The molecule has 8 nitrogen and oxygen atoms in total. The van der Waals surface area contributed by atoms with Crippen molar-refractivity contribution in [3.8, 4) is 0 Å². The van der Waals surface area contributed by atoms with Crippen molar-refractivity contribution in [2.24, 2.45) is 0 Å². The van der Waals surface area contributed by atoms with E-state index in [-0.39, 0.29) is 26.1 Å². The summed E-state index contributed by atoms with van der Waals surface area (Å²) in [6.07, 6.45) is 0.684. The summed E-state index contributed by atoms with van der Waals surface area (Å²) in [7, 11) is 1.23. The minimum absolute atomic E-state index is 0.0267. The lowest BCUT2D eigenvalue weighted by molar-refractivity contribution is -0.158. The van der Waals surface area contributed by atoms with Gasteiger partial charge in [0.2, 0.25) is 0 Å². The summed E-state index contributed by atoms with van der Waals surface area (Å²) >= 11 is 0. The highest BCUT2D eigenvalue weighted by Crippen LogP contribution is 2.07. The van der Waals surface area contributed by atoms with Crippen LogP contribution in [0.5, 0.6) is 0 Å². The number of amides is 2. The maximum absolute atomic E-state index is 12.0. The molecule has 1 aliphatic heterocycles. The van der Waals surface area contributed by atoms with Gasteiger partial charge in [0.15, 0.2) is 6.10 Å². The molecule has 0 spiro atoms. The van der Waals surface area contributed by atoms with Crippen LogP contribution in [-0.4, -0.2) is 66.9 Å². The lowest BCUT2D eigenvalue weighted by Crippen LogP contribution is -2.54. The molecular formula is C12H18N2O6. The first kappa shape index (κ1) is 16.0. The second-order valence-corrected chi connectivity index (χ2v) is 4.19. The van der Waals surface area contributed by atoms with Crippen molar-refractivity contribution in [3.05, 3.63) is 12.7 Å². The highest BCUT2D eigenvalue weighted by atomic mass is 16.6. The Morgan fingerprint density at radius 1 is 1.60 bits per heavy atom. The number of nitrogens with one attached hydrogen (secondary N) is 1. The van der Waals surface area contributed by atoms with Crippen LogP contribution in [-0.2, 0) is 19.1 Å². The number of aliphatic carboxylic acids is 1. The van der Waals surface area contributed by atoms with Gasteiger partial charge in [0.05, 0.1) is 20.3 Å². The van der Waals surface area contributed by atoms with E-state index < -0.39 is 30.1 Å². The standard InChI is InChI=1S/C12H18N2O6/c1-3-4-8(10(15)16)13-12(18)14-5-6-20-9(7-14)11(17)19-2/h3,8-9H,1,4-7H2,2H3,(H,13,18)(H,15,16). The van der Waals surface area contributed by atoms with E-state index in [2.05, 4.69) is 16.6 Å². The number of rotatable bonds is 5. The molecule has 1 fully saturated rings. The fraction of sp³-hybridized carbons (Fsp3) is 0.583. The summed E-state index contributed by atoms with van der Waals surface area (Å²) < 4.78 is 9.73. The van der Waals surface area contributed by atoms with E-state index in [1.807, 2.05) is 0 Å². The minimum Gasteiger partial charge on any atom is -0.480 e. The van der Waals surface area contributed by atoms with Gasteiger partial charge in [-0.3, -0.25) is 0 Å². The highest BCUT2D eigenvalue weighted by molar-refractivity contribution is 5.83. The van der Waals surface area contributed by atoms with Crippen LogP contribution in [0.2, 0.25) is 0 Å². The number of carbonyl (C=O) groups excluding carboxylic acids is 2. The Balaban J connectivity index is 2.59. The predicted molar refractivity (Wildman–Crippen MR) is 68.1 cm³/mol. The molecule has 112 valence electrons. The Kier molecular flexibility index (Phi) is 5.98. The number of methoxy groups -OCH3 is 1. The third-order valence-electron chi connectivity index (χ3n) is 2.82. The van der Waals surface area contributed by atoms with Crippen molar-refractivity contribution in [1.82, 2.24) is 10.2 Å². The summed E-state index contributed by atoms with van der Waals surface area (Å²) in [6.45, 7) is 3.93. The van der Waals surface area contributed by atoms with Crippen LogP contribution in [0.3, 0.4) is 0 Å². The van der Waals surface area contributed by atoms with E-state index in [0.29, 0.717) is 0 Å². The summed E-state index contributed by atoms with van der Waals surface area (Å²) in [5.74, 6) is -1.71. The molecule has 0 bridgehead atoms. The Hall–Kier alpha value is -2.09. The smallest absolute Gasteiger partial charge is 0.336 e. The van der Waals surface area contributed by atoms with Gasteiger partial charge in [0.1, 0.15) is 6.04 Å². The van der Waals surface area contributed by atoms with Gasteiger partial charge in [-0.25, -0.2) is 14.4 Å². The second-order valence-electron chi connectivity index (χ2n) is 4.19. The van der Waals surface area contributed by atoms with Crippen LogP contribution >= 0.6 is 0 Å². The van der Waals surface area contributed by atoms with E-state index in [0.717, 1.165) is 0 Å². The molecule has 0 aliphatic carbocycles. The average molecular weight is 286 g/mol.